The van der Waals surface area contributed by atoms with Crippen LogP contribution >= 0.6 is 0 Å². The summed E-state index contributed by atoms with van der Waals surface area (Å²) in [6.07, 6.45) is 2.40. The molecular weight excluding hydrogens is 286 g/mol. The van der Waals surface area contributed by atoms with E-state index < -0.39 is 11.6 Å². The monoisotopic (exact) mass is 301 g/mol. The molecule has 1 unspecified atom stereocenters. The first-order chi connectivity index (χ1) is 10.5. The maximum Gasteiger partial charge on any atom is 0.405 e. The van der Waals surface area contributed by atoms with E-state index in [2.05, 4.69) is 10.3 Å². The second-order valence-electron chi connectivity index (χ2n) is 5.86. The molecule has 114 valence electrons. The molecule has 1 heterocycles. The Balaban J connectivity index is 1.75. The zero-order valence-electron chi connectivity index (χ0n) is 11.8. The fraction of sp³-hybridized carbons (Fsp3) is 0.467. The van der Waals surface area contributed by atoms with Gasteiger partial charge in [-0.05, 0) is 36.8 Å². The van der Waals surface area contributed by atoms with E-state index in [0.717, 1.165) is 30.3 Å². The van der Waals surface area contributed by atoms with Crippen LogP contribution < -0.4 is 10.1 Å². The number of ether oxygens (including phenoxy) is 1. The second kappa shape index (κ2) is 5.30. The van der Waals surface area contributed by atoms with Crippen molar-refractivity contribution in [3.63, 3.8) is 0 Å². The molecule has 1 aromatic heterocycles. The number of hydrogen-bond donors (Lipinski definition) is 2. The molecule has 7 nitrogen and oxygen atoms in total. The molecular formula is C15H15N3O4. The van der Waals surface area contributed by atoms with Crippen LogP contribution in [0.15, 0.2) is 6.07 Å². The Bertz CT molecular complexity index is 676. The van der Waals surface area contributed by atoms with Crippen LogP contribution in [-0.2, 0) is 17.6 Å². The Morgan fingerprint density at radius 3 is 2.95 bits per heavy atom. The third-order valence-electron chi connectivity index (χ3n) is 4.16. The van der Waals surface area contributed by atoms with Gasteiger partial charge in [-0.1, -0.05) is 0 Å². The van der Waals surface area contributed by atoms with Gasteiger partial charge in [0.1, 0.15) is 24.7 Å². The van der Waals surface area contributed by atoms with E-state index >= 15 is 0 Å². The molecule has 0 bridgehead atoms. The van der Waals surface area contributed by atoms with Crippen molar-refractivity contribution in [2.75, 3.05) is 6.61 Å². The van der Waals surface area contributed by atoms with Gasteiger partial charge in [0.25, 0.3) is 0 Å². The minimum absolute atomic E-state index is 0.109. The van der Waals surface area contributed by atoms with Crippen molar-refractivity contribution in [1.29, 1.82) is 5.26 Å². The number of pyridine rings is 1. The summed E-state index contributed by atoms with van der Waals surface area (Å²) in [5.41, 5.74) is 1.48. The first-order valence-electron chi connectivity index (χ1n) is 7.07. The topological polar surface area (TPSA) is 112 Å². The Labute approximate surface area is 126 Å². The Kier molecular flexibility index (Phi) is 3.45. The molecule has 1 aromatic rings. The normalized spacial score (nSPS) is 20.6. The van der Waals surface area contributed by atoms with Gasteiger partial charge in [0.15, 0.2) is 0 Å². The van der Waals surface area contributed by atoms with Crippen LogP contribution in [0.25, 0.3) is 0 Å². The van der Waals surface area contributed by atoms with Gasteiger partial charge in [-0.15, -0.1) is 0 Å². The van der Waals surface area contributed by atoms with Crippen LogP contribution in [0, 0.1) is 17.2 Å². The largest absolute Gasteiger partial charge is 0.475 e. The van der Waals surface area contributed by atoms with Gasteiger partial charge < -0.3 is 20.0 Å². The molecule has 2 aliphatic carbocycles. The highest BCUT2D eigenvalue weighted by molar-refractivity contribution is 5.66. The second-order valence-corrected chi connectivity index (χ2v) is 5.86. The first kappa shape index (κ1) is 14.3. The van der Waals surface area contributed by atoms with Crippen molar-refractivity contribution in [2.45, 2.75) is 31.2 Å². The minimum Gasteiger partial charge on any atom is -0.475 e. The number of carbonyl (C=O) groups is 2. The zero-order chi connectivity index (χ0) is 15.7. The fourth-order valence-corrected chi connectivity index (χ4v) is 2.78. The number of nitrogens with one attached hydrogen (secondary N) is 1. The fourth-order valence-electron chi connectivity index (χ4n) is 2.78. The molecule has 1 fully saturated rings. The lowest BCUT2D eigenvalue weighted by molar-refractivity contribution is -0.110. The van der Waals surface area contributed by atoms with Crippen molar-refractivity contribution in [3.8, 4) is 11.9 Å². The number of aromatic nitrogens is 1. The lowest BCUT2D eigenvalue weighted by atomic mass is 10.1. The predicted octanol–water partition coefficient (Wildman–Crippen LogP) is 1.05. The van der Waals surface area contributed by atoms with E-state index in [-0.39, 0.29) is 18.2 Å². The van der Waals surface area contributed by atoms with Crippen molar-refractivity contribution in [3.05, 3.63) is 22.9 Å². The number of fused-ring (bicyclic) bond motifs is 1. The van der Waals surface area contributed by atoms with E-state index in [9.17, 15) is 14.9 Å². The summed E-state index contributed by atoms with van der Waals surface area (Å²) in [5, 5.41) is 20.4. The van der Waals surface area contributed by atoms with Gasteiger partial charge in [0, 0.05) is 12.0 Å². The molecule has 3 rings (SSSR count). The molecule has 2 N–H and O–H groups in total. The summed E-state index contributed by atoms with van der Waals surface area (Å²) in [4.78, 5) is 25.8. The molecule has 0 saturated heterocycles. The third-order valence-corrected chi connectivity index (χ3v) is 4.16. The van der Waals surface area contributed by atoms with Crippen LogP contribution in [0.1, 0.15) is 29.7 Å². The minimum atomic E-state index is -1.07. The highest BCUT2D eigenvalue weighted by Gasteiger charge is 2.45. The number of carbonyl (C=O) groups excluding carboxylic acids is 1. The average Bonchev–Trinajstić information content (AvgIpc) is 3.11. The highest BCUT2D eigenvalue weighted by Crippen LogP contribution is 2.36. The van der Waals surface area contributed by atoms with Gasteiger partial charge in [0.05, 0.1) is 5.54 Å². The standard InChI is InChI=1S/C15H15N3O4/c16-6-12-11-4-9(7-19)3-10(11)5-13(17-12)22-8-15(1-2-15)18-14(20)21/h5,7,9,18H,1-4,8H2,(H,20,21). The zero-order valence-corrected chi connectivity index (χ0v) is 11.8. The van der Waals surface area contributed by atoms with Crippen molar-refractivity contribution in [2.24, 2.45) is 5.92 Å². The van der Waals surface area contributed by atoms with Crippen molar-refractivity contribution in [1.82, 2.24) is 10.3 Å². The summed E-state index contributed by atoms with van der Waals surface area (Å²) in [5.74, 6) is 0.197. The summed E-state index contributed by atoms with van der Waals surface area (Å²) >= 11 is 0. The highest BCUT2D eigenvalue weighted by atomic mass is 16.5. The van der Waals surface area contributed by atoms with Crippen molar-refractivity contribution >= 4 is 12.4 Å². The van der Waals surface area contributed by atoms with Gasteiger partial charge in [-0.3, -0.25) is 0 Å². The maximum atomic E-state index is 10.9. The maximum absolute atomic E-state index is 10.9. The van der Waals surface area contributed by atoms with Crippen LogP contribution in [-0.4, -0.2) is 34.6 Å². The summed E-state index contributed by atoms with van der Waals surface area (Å²) in [7, 11) is 0. The quantitative estimate of drug-likeness (QED) is 0.786. The number of amides is 1. The molecule has 0 spiro atoms. The molecule has 0 aromatic carbocycles. The van der Waals surface area contributed by atoms with Crippen LogP contribution in [0.4, 0.5) is 4.79 Å². The smallest absolute Gasteiger partial charge is 0.405 e. The van der Waals surface area contributed by atoms with Gasteiger partial charge >= 0.3 is 6.09 Å². The molecule has 1 atom stereocenters. The van der Waals surface area contributed by atoms with E-state index in [1.54, 1.807) is 6.07 Å². The first-order valence-corrected chi connectivity index (χ1v) is 7.07. The van der Waals surface area contributed by atoms with E-state index in [4.69, 9.17) is 9.84 Å². The summed E-state index contributed by atoms with van der Waals surface area (Å²) in [6, 6.07) is 3.79. The number of nitrogens with zero attached hydrogens (tertiary/aromatic N) is 2. The van der Waals surface area contributed by atoms with Gasteiger partial charge in [0.2, 0.25) is 5.88 Å². The molecule has 2 aliphatic rings. The van der Waals surface area contributed by atoms with Crippen molar-refractivity contribution < 1.29 is 19.4 Å². The number of carboxylic acid groups (broad SMARTS) is 1. The third kappa shape index (κ3) is 2.72. The summed E-state index contributed by atoms with van der Waals surface area (Å²) in [6.45, 7) is 0.188. The van der Waals surface area contributed by atoms with E-state index in [0.29, 0.717) is 18.7 Å². The lowest BCUT2D eigenvalue weighted by Crippen LogP contribution is -2.40. The Morgan fingerprint density at radius 2 is 2.36 bits per heavy atom. The van der Waals surface area contributed by atoms with Gasteiger partial charge in [-0.2, -0.15) is 5.26 Å². The molecule has 1 saturated carbocycles. The lowest BCUT2D eigenvalue weighted by Gasteiger charge is -2.16. The Morgan fingerprint density at radius 1 is 1.59 bits per heavy atom. The molecule has 1 amide bonds. The van der Waals surface area contributed by atoms with E-state index in [1.807, 2.05) is 6.07 Å². The molecule has 7 heteroatoms. The van der Waals surface area contributed by atoms with Crippen LogP contribution in [0.3, 0.4) is 0 Å². The SMILES string of the molecule is N#Cc1nc(OCC2(NC(=O)O)CC2)cc2c1CC(C=O)C2. The number of hydrogen-bond acceptors (Lipinski definition) is 5. The van der Waals surface area contributed by atoms with E-state index in [1.165, 1.54) is 0 Å². The number of aldehydes is 1. The summed E-state index contributed by atoms with van der Waals surface area (Å²) < 4.78 is 5.59. The average molecular weight is 301 g/mol. The predicted molar refractivity (Wildman–Crippen MR) is 74.5 cm³/mol. The van der Waals surface area contributed by atoms with Crippen LogP contribution in [0.5, 0.6) is 5.88 Å². The van der Waals surface area contributed by atoms with Gasteiger partial charge in [-0.25, -0.2) is 9.78 Å². The van der Waals surface area contributed by atoms with Crippen LogP contribution in [0.2, 0.25) is 0 Å². The Hall–Kier alpha value is -2.62. The molecule has 0 aliphatic heterocycles. The molecule has 22 heavy (non-hydrogen) atoms. The number of nitriles is 1. The number of rotatable bonds is 5. The molecule has 0 radical (unpaired) electrons.